The van der Waals surface area contributed by atoms with Crippen molar-refractivity contribution in [2.75, 3.05) is 6.54 Å². The molecule has 0 aliphatic rings. The molecule has 0 bridgehead atoms. The molecule has 1 aromatic rings. The lowest BCUT2D eigenvalue weighted by Crippen LogP contribution is -2.39. The molecule has 1 atom stereocenters. The summed E-state index contributed by atoms with van der Waals surface area (Å²) in [7, 11) is 0. The van der Waals surface area contributed by atoms with E-state index in [0.717, 1.165) is 10.0 Å². The van der Waals surface area contributed by atoms with Crippen molar-refractivity contribution in [1.82, 2.24) is 5.32 Å². The summed E-state index contributed by atoms with van der Waals surface area (Å²) in [5.74, 6) is 0.131. The van der Waals surface area contributed by atoms with Crippen LogP contribution in [-0.4, -0.2) is 17.9 Å². The van der Waals surface area contributed by atoms with E-state index in [9.17, 15) is 4.79 Å². The second-order valence-electron chi connectivity index (χ2n) is 5.35. The molecule has 0 fully saturated rings. The lowest BCUT2D eigenvalue weighted by atomic mass is 9.94. The molecule has 0 aromatic heterocycles. The Balaban J connectivity index is 2.79. The van der Waals surface area contributed by atoms with Crippen molar-refractivity contribution in [3.63, 3.8) is 0 Å². The van der Waals surface area contributed by atoms with Crippen LogP contribution in [0.5, 0.6) is 0 Å². The Kier molecular flexibility index (Phi) is 4.90. The fourth-order valence-electron chi connectivity index (χ4n) is 1.60. The number of carbonyl (C=O) groups excluding carboxylic acids is 1. The Morgan fingerprint density at radius 3 is 2.24 bits per heavy atom. The number of carbonyl (C=O) groups is 1. The first-order chi connectivity index (χ1) is 7.79. The van der Waals surface area contributed by atoms with Crippen molar-refractivity contribution in [2.45, 2.75) is 39.2 Å². The van der Waals surface area contributed by atoms with Gasteiger partial charge in [-0.05, 0) is 45.4 Å². The lowest BCUT2D eigenvalue weighted by Gasteiger charge is -2.24. The fourth-order valence-corrected chi connectivity index (χ4v) is 1.86. The highest BCUT2D eigenvalue weighted by Gasteiger charge is 2.19. The third-order valence-corrected chi connectivity index (χ3v) is 3.13. The van der Waals surface area contributed by atoms with E-state index >= 15 is 0 Å². The fraction of sp³-hybridized carbons (Fsp3) is 0.500. The van der Waals surface area contributed by atoms with Crippen LogP contribution >= 0.6 is 15.9 Å². The van der Waals surface area contributed by atoms with Crippen LogP contribution in [0.25, 0.3) is 0 Å². The molecular weight excluding hydrogens is 278 g/mol. The third-order valence-electron chi connectivity index (χ3n) is 2.60. The topological polar surface area (TPSA) is 29.1 Å². The average Bonchev–Trinajstić information content (AvgIpc) is 2.18. The number of hydrogen-bond donors (Lipinski definition) is 1. The minimum atomic E-state index is -0.0673. The molecule has 0 radical (unpaired) electrons. The summed E-state index contributed by atoms with van der Waals surface area (Å²) in [5, 5.41) is 3.38. The van der Waals surface area contributed by atoms with Crippen molar-refractivity contribution < 1.29 is 4.79 Å². The van der Waals surface area contributed by atoms with E-state index in [-0.39, 0.29) is 17.2 Å². The zero-order valence-electron chi connectivity index (χ0n) is 10.9. The number of ketones is 1. The van der Waals surface area contributed by atoms with Gasteiger partial charge >= 0.3 is 0 Å². The summed E-state index contributed by atoms with van der Waals surface area (Å²) < 4.78 is 1.03. The van der Waals surface area contributed by atoms with Crippen LogP contribution in [0.15, 0.2) is 28.7 Å². The van der Waals surface area contributed by atoms with Crippen LogP contribution in [0.1, 0.15) is 39.2 Å². The maximum absolute atomic E-state index is 11.7. The van der Waals surface area contributed by atoms with E-state index in [1.54, 1.807) is 6.92 Å². The van der Waals surface area contributed by atoms with E-state index in [1.807, 2.05) is 24.3 Å². The van der Waals surface area contributed by atoms with Crippen molar-refractivity contribution in [1.29, 1.82) is 0 Å². The van der Waals surface area contributed by atoms with Crippen LogP contribution in [0.2, 0.25) is 0 Å². The minimum Gasteiger partial charge on any atom is -0.311 e. The van der Waals surface area contributed by atoms with Crippen LogP contribution in [0.4, 0.5) is 0 Å². The summed E-state index contributed by atoms with van der Waals surface area (Å²) >= 11 is 3.40. The van der Waals surface area contributed by atoms with E-state index in [1.165, 1.54) is 0 Å². The maximum atomic E-state index is 11.7. The molecule has 0 saturated heterocycles. The molecular formula is C14H20BrNO. The first-order valence-corrected chi connectivity index (χ1v) is 6.60. The van der Waals surface area contributed by atoms with Gasteiger partial charge < -0.3 is 5.32 Å². The Morgan fingerprint density at radius 1 is 1.29 bits per heavy atom. The summed E-state index contributed by atoms with van der Waals surface area (Å²) in [6, 6.07) is 7.95. The second kappa shape index (κ2) is 5.78. The average molecular weight is 298 g/mol. The number of nitrogens with one attached hydrogen (secondary N) is 1. The van der Waals surface area contributed by atoms with E-state index < -0.39 is 0 Å². The molecule has 0 aliphatic carbocycles. The van der Waals surface area contributed by atoms with Gasteiger partial charge in [-0.25, -0.2) is 0 Å². The van der Waals surface area contributed by atoms with E-state index in [2.05, 4.69) is 42.0 Å². The largest absolute Gasteiger partial charge is 0.311 e. The molecule has 1 N–H and O–H groups in total. The van der Waals surface area contributed by atoms with E-state index in [4.69, 9.17) is 0 Å². The van der Waals surface area contributed by atoms with Gasteiger partial charge in [0.15, 0.2) is 0 Å². The van der Waals surface area contributed by atoms with Crippen LogP contribution in [0.3, 0.4) is 0 Å². The first-order valence-electron chi connectivity index (χ1n) is 5.80. The normalized spacial score (nSPS) is 13.5. The smallest absolute Gasteiger partial charge is 0.138 e. The van der Waals surface area contributed by atoms with Gasteiger partial charge in [-0.2, -0.15) is 0 Å². The predicted molar refractivity (Wildman–Crippen MR) is 75.3 cm³/mol. The van der Waals surface area contributed by atoms with Crippen molar-refractivity contribution >= 4 is 21.7 Å². The Labute approximate surface area is 112 Å². The number of rotatable bonds is 4. The summed E-state index contributed by atoms with van der Waals surface area (Å²) in [6.07, 6.45) is 0. The highest BCUT2D eigenvalue weighted by atomic mass is 79.9. The molecule has 0 unspecified atom stereocenters. The van der Waals surface area contributed by atoms with Gasteiger partial charge in [-0.1, -0.05) is 28.1 Å². The van der Waals surface area contributed by atoms with Crippen molar-refractivity contribution in [2.24, 2.45) is 0 Å². The summed E-state index contributed by atoms with van der Waals surface area (Å²) in [6.45, 7) is 8.64. The van der Waals surface area contributed by atoms with Crippen LogP contribution in [-0.2, 0) is 4.79 Å². The Hall–Kier alpha value is -0.670. The zero-order chi connectivity index (χ0) is 13.1. The molecule has 2 nitrogen and oxygen atoms in total. The van der Waals surface area contributed by atoms with Gasteiger partial charge in [-0.3, -0.25) is 4.79 Å². The van der Waals surface area contributed by atoms with Gasteiger partial charge in [0.25, 0.3) is 0 Å². The van der Waals surface area contributed by atoms with Crippen LogP contribution < -0.4 is 5.32 Å². The molecule has 0 saturated carbocycles. The van der Waals surface area contributed by atoms with Gasteiger partial charge in [0.1, 0.15) is 5.78 Å². The molecule has 17 heavy (non-hydrogen) atoms. The number of Topliss-reactive ketones (excluding diaryl/α,β-unsaturated/α-hetero) is 1. The molecule has 0 spiro atoms. The van der Waals surface area contributed by atoms with Gasteiger partial charge in [0.05, 0.1) is 5.92 Å². The standard InChI is InChI=1S/C14H20BrNO/c1-10(17)13(9-16-14(2,3)4)11-5-7-12(15)8-6-11/h5-8,13,16H,9H2,1-4H3/t13-/m0/s1. The molecule has 1 aromatic carbocycles. The molecule has 0 heterocycles. The monoisotopic (exact) mass is 297 g/mol. The molecule has 0 amide bonds. The Morgan fingerprint density at radius 2 is 1.82 bits per heavy atom. The number of benzene rings is 1. The highest BCUT2D eigenvalue weighted by Crippen LogP contribution is 2.20. The SMILES string of the molecule is CC(=O)[C@H](CNC(C)(C)C)c1ccc(Br)cc1. The summed E-state index contributed by atoms with van der Waals surface area (Å²) in [5.41, 5.74) is 1.10. The zero-order valence-corrected chi connectivity index (χ0v) is 12.5. The van der Waals surface area contributed by atoms with Gasteiger partial charge in [0.2, 0.25) is 0 Å². The Bertz CT molecular complexity index is 378. The van der Waals surface area contributed by atoms with Gasteiger partial charge in [-0.15, -0.1) is 0 Å². The minimum absolute atomic E-state index is 0.0308. The first kappa shape index (κ1) is 14.4. The van der Waals surface area contributed by atoms with Crippen molar-refractivity contribution in [3.8, 4) is 0 Å². The number of halogens is 1. The number of hydrogen-bond acceptors (Lipinski definition) is 2. The molecule has 94 valence electrons. The second-order valence-corrected chi connectivity index (χ2v) is 6.26. The maximum Gasteiger partial charge on any atom is 0.138 e. The molecule has 0 aliphatic heterocycles. The third kappa shape index (κ3) is 5.00. The highest BCUT2D eigenvalue weighted by molar-refractivity contribution is 9.10. The van der Waals surface area contributed by atoms with E-state index in [0.29, 0.717) is 6.54 Å². The van der Waals surface area contributed by atoms with Crippen molar-refractivity contribution in [3.05, 3.63) is 34.3 Å². The predicted octanol–water partition coefficient (Wildman–Crippen LogP) is 3.51. The lowest BCUT2D eigenvalue weighted by molar-refractivity contribution is -0.118. The molecule has 1 rings (SSSR count). The summed E-state index contributed by atoms with van der Waals surface area (Å²) in [4.78, 5) is 11.7. The quantitative estimate of drug-likeness (QED) is 0.921. The van der Waals surface area contributed by atoms with Gasteiger partial charge in [0, 0.05) is 16.6 Å². The van der Waals surface area contributed by atoms with Crippen LogP contribution in [0, 0.1) is 0 Å². The molecule has 3 heteroatoms.